The summed E-state index contributed by atoms with van der Waals surface area (Å²) in [6, 6.07) is 5.11. The van der Waals surface area contributed by atoms with E-state index in [1.54, 1.807) is 13.0 Å². The topological polar surface area (TPSA) is 72.2 Å². The van der Waals surface area contributed by atoms with Crippen LogP contribution in [0.25, 0.3) is 0 Å². The Hall–Kier alpha value is -1.12. The molecule has 0 amide bonds. The maximum atomic E-state index is 12.9. The average molecular weight is 336 g/mol. The molecule has 1 aliphatic rings. The second-order valence-electron chi connectivity index (χ2n) is 5.87. The van der Waals surface area contributed by atoms with E-state index in [0.29, 0.717) is 12.8 Å². The van der Waals surface area contributed by atoms with E-state index in [0.717, 1.165) is 6.07 Å². The van der Waals surface area contributed by atoms with Gasteiger partial charge in [-0.2, -0.15) is 13.2 Å². The fourth-order valence-corrected chi connectivity index (χ4v) is 3.39. The van der Waals surface area contributed by atoms with E-state index in [4.69, 9.17) is 5.14 Å². The van der Waals surface area contributed by atoms with Crippen LogP contribution in [0, 0.1) is 0 Å². The van der Waals surface area contributed by atoms with E-state index in [-0.39, 0.29) is 24.6 Å². The summed E-state index contributed by atoms with van der Waals surface area (Å²) in [5.74, 6) is 0. The van der Waals surface area contributed by atoms with E-state index in [9.17, 15) is 21.6 Å². The Morgan fingerprint density at radius 3 is 2.41 bits per heavy atom. The van der Waals surface area contributed by atoms with Crippen LogP contribution in [-0.4, -0.2) is 25.8 Å². The number of rotatable bonds is 6. The Bertz CT molecular complexity index is 640. The molecule has 0 spiro atoms. The highest BCUT2D eigenvalue weighted by atomic mass is 32.2. The summed E-state index contributed by atoms with van der Waals surface area (Å²) in [6.45, 7) is 1.90. The van der Waals surface area contributed by atoms with Gasteiger partial charge in [-0.3, -0.25) is 0 Å². The zero-order chi connectivity index (χ0) is 16.6. The highest BCUT2D eigenvalue weighted by molar-refractivity contribution is 7.90. The lowest BCUT2D eigenvalue weighted by molar-refractivity contribution is -0.138. The van der Waals surface area contributed by atoms with Crippen LogP contribution in [0.3, 0.4) is 0 Å². The normalized spacial score (nSPS) is 19.0. The van der Waals surface area contributed by atoms with Crippen molar-refractivity contribution >= 4 is 10.0 Å². The third-order valence-corrected chi connectivity index (χ3v) is 5.79. The molecule has 22 heavy (non-hydrogen) atoms. The molecule has 1 saturated carbocycles. The molecule has 0 saturated heterocycles. The monoisotopic (exact) mass is 336 g/mol. The molecule has 1 aliphatic carbocycles. The zero-order valence-corrected chi connectivity index (χ0v) is 13.0. The number of hydrogen-bond donors (Lipinski definition) is 2. The minimum Gasteiger partial charge on any atom is -0.312 e. The summed E-state index contributed by atoms with van der Waals surface area (Å²) >= 11 is 0. The molecule has 0 heterocycles. The minimum absolute atomic E-state index is 0.163. The fourth-order valence-electron chi connectivity index (χ4n) is 2.44. The molecule has 8 heteroatoms. The Kier molecular flexibility index (Phi) is 4.56. The smallest absolute Gasteiger partial charge is 0.312 e. The fraction of sp³-hybridized carbons (Fsp3) is 0.571. The van der Waals surface area contributed by atoms with Gasteiger partial charge in [-0.15, -0.1) is 0 Å². The molecular weight excluding hydrogens is 317 g/mol. The molecular formula is C14H19F3N2O2S. The van der Waals surface area contributed by atoms with E-state index in [1.165, 1.54) is 12.1 Å². The van der Waals surface area contributed by atoms with Crippen molar-refractivity contribution in [2.45, 2.75) is 43.2 Å². The largest absolute Gasteiger partial charge is 0.416 e. The Labute approximate surface area is 127 Å². The van der Waals surface area contributed by atoms with Gasteiger partial charge in [0, 0.05) is 12.6 Å². The number of sulfonamides is 1. The summed E-state index contributed by atoms with van der Waals surface area (Å²) in [7, 11) is -3.63. The molecule has 0 bridgehead atoms. The molecule has 0 radical (unpaired) electrons. The Morgan fingerprint density at radius 1 is 1.32 bits per heavy atom. The third kappa shape index (κ3) is 3.80. The highest BCUT2D eigenvalue weighted by Gasteiger charge is 2.52. The first-order valence-electron chi connectivity index (χ1n) is 6.96. The molecule has 3 N–H and O–H groups in total. The lowest BCUT2D eigenvalue weighted by Gasteiger charge is -2.20. The average Bonchev–Trinajstić information content (AvgIpc) is 3.16. The summed E-state index contributed by atoms with van der Waals surface area (Å²) in [5, 5.41) is 8.17. The number of benzene rings is 1. The van der Waals surface area contributed by atoms with Gasteiger partial charge in [0.2, 0.25) is 10.0 Å². The molecule has 1 aromatic rings. The highest BCUT2D eigenvalue weighted by Crippen LogP contribution is 2.41. The van der Waals surface area contributed by atoms with Crippen molar-refractivity contribution in [1.82, 2.24) is 5.32 Å². The van der Waals surface area contributed by atoms with Gasteiger partial charge in [0.15, 0.2) is 0 Å². The lowest BCUT2D eigenvalue weighted by atomic mass is 10.0. The van der Waals surface area contributed by atoms with E-state index in [2.05, 4.69) is 5.32 Å². The second kappa shape index (κ2) is 5.82. The van der Waals surface area contributed by atoms with Crippen LogP contribution < -0.4 is 10.5 Å². The van der Waals surface area contributed by atoms with Crippen LogP contribution in [0.4, 0.5) is 13.2 Å². The molecule has 0 aromatic heterocycles. The molecule has 1 atom stereocenters. The number of primary sulfonamides is 1. The van der Waals surface area contributed by atoms with Gasteiger partial charge < -0.3 is 5.32 Å². The number of nitrogens with two attached hydrogens (primary N) is 1. The van der Waals surface area contributed by atoms with Gasteiger partial charge in [-0.1, -0.05) is 18.2 Å². The van der Waals surface area contributed by atoms with Crippen molar-refractivity contribution in [3.05, 3.63) is 35.4 Å². The molecule has 1 aromatic carbocycles. The van der Waals surface area contributed by atoms with E-state index >= 15 is 0 Å². The second-order valence-corrected chi connectivity index (χ2v) is 7.83. The van der Waals surface area contributed by atoms with Gasteiger partial charge in [0.25, 0.3) is 0 Å². The van der Waals surface area contributed by atoms with Crippen molar-refractivity contribution in [3.8, 4) is 0 Å². The van der Waals surface area contributed by atoms with Crippen LogP contribution in [0.1, 0.15) is 30.9 Å². The Morgan fingerprint density at radius 2 is 1.91 bits per heavy atom. The lowest BCUT2D eigenvalue weighted by Crippen LogP contribution is -2.43. The van der Waals surface area contributed by atoms with E-state index < -0.39 is 26.5 Å². The molecule has 4 nitrogen and oxygen atoms in total. The minimum atomic E-state index is -4.39. The van der Waals surface area contributed by atoms with Crippen LogP contribution >= 0.6 is 0 Å². The zero-order valence-electron chi connectivity index (χ0n) is 12.2. The summed E-state index contributed by atoms with van der Waals surface area (Å²) in [4.78, 5) is 0. The van der Waals surface area contributed by atoms with Gasteiger partial charge in [-0.25, -0.2) is 13.6 Å². The first-order valence-corrected chi connectivity index (χ1v) is 8.51. The third-order valence-electron chi connectivity index (χ3n) is 4.03. The van der Waals surface area contributed by atoms with Crippen molar-refractivity contribution < 1.29 is 21.6 Å². The van der Waals surface area contributed by atoms with Crippen LogP contribution in [0.15, 0.2) is 24.3 Å². The molecule has 2 rings (SSSR count). The Balaban J connectivity index is 2.01. The van der Waals surface area contributed by atoms with Crippen LogP contribution in [-0.2, 0) is 22.6 Å². The standard InChI is InChI=1S/C14H19F3N2O2S/c1-10(19-9-13(6-7-13)22(18,20)21)8-11-4-2-3-5-12(11)14(15,16)17/h2-5,10,19H,6-9H2,1H3,(H2,18,20,21). The van der Waals surface area contributed by atoms with Crippen LogP contribution in [0.2, 0.25) is 0 Å². The number of nitrogens with one attached hydrogen (secondary N) is 1. The maximum Gasteiger partial charge on any atom is 0.416 e. The maximum absolute atomic E-state index is 12.9. The molecule has 0 aliphatic heterocycles. The van der Waals surface area contributed by atoms with Crippen LogP contribution in [0.5, 0.6) is 0 Å². The number of hydrogen-bond acceptors (Lipinski definition) is 3. The molecule has 124 valence electrons. The number of alkyl halides is 3. The van der Waals surface area contributed by atoms with Crippen molar-refractivity contribution in [2.75, 3.05) is 6.54 Å². The van der Waals surface area contributed by atoms with Gasteiger partial charge >= 0.3 is 6.18 Å². The van der Waals surface area contributed by atoms with Crippen molar-refractivity contribution in [2.24, 2.45) is 5.14 Å². The van der Waals surface area contributed by atoms with Gasteiger partial charge in [-0.05, 0) is 37.8 Å². The summed E-state index contributed by atoms with van der Waals surface area (Å²) in [5.41, 5.74) is -0.466. The summed E-state index contributed by atoms with van der Waals surface area (Å²) < 4.78 is 60.8. The van der Waals surface area contributed by atoms with Crippen molar-refractivity contribution in [3.63, 3.8) is 0 Å². The first kappa shape index (κ1) is 17.2. The van der Waals surface area contributed by atoms with Crippen molar-refractivity contribution in [1.29, 1.82) is 0 Å². The predicted molar refractivity (Wildman–Crippen MR) is 77.7 cm³/mol. The SMILES string of the molecule is CC(Cc1ccccc1C(F)(F)F)NCC1(S(N)(=O)=O)CC1. The predicted octanol–water partition coefficient (Wildman–Crippen LogP) is 2.05. The van der Waals surface area contributed by atoms with Gasteiger partial charge in [0.05, 0.1) is 10.3 Å². The van der Waals surface area contributed by atoms with Gasteiger partial charge in [0.1, 0.15) is 0 Å². The summed E-state index contributed by atoms with van der Waals surface area (Å²) in [6.07, 6.45) is -3.25. The molecule has 1 unspecified atom stereocenters. The number of halogens is 3. The van der Waals surface area contributed by atoms with E-state index in [1.807, 2.05) is 0 Å². The first-order chi connectivity index (χ1) is 10.1. The molecule has 1 fully saturated rings. The quantitative estimate of drug-likeness (QED) is 0.835.